The molecule has 0 radical (unpaired) electrons. The number of benzene rings is 2. The van der Waals surface area contributed by atoms with E-state index in [1.165, 1.54) is 18.4 Å². The molecule has 3 fully saturated rings. The fraction of sp³-hybridized carbons (Fsp3) is 0.567. The molecule has 5 aliphatic rings. The van der Waals surface area contributed by atoms with E-state index < -0.39 is 11.0 Å². The van der Waals surface area contributed by atoms with Crippen LogP contribution in [0.5, 0.6) is 11.5 Å². The molecule has 2 aliphatic heterocycles. The smallest absolute Gasteiger partial charge is 0.229 e. The number of aliphatic hydroxyl groups is 1. The fourth-order valence-electron chi connectivity index (χ4n) is 8.21. The van der Waals surface area contributed by atoms with Crippen molar-refractivity contribution in [2.45, 2.75) is 80.6 Å². The second-order valence-corrected chi connectivity index (χ2v) is 12.0. The number of phenols is 1. The Morgan fingerprint density at radius 3 is 2.69 bits per heavy atom. The van der Waals surface area contributed by atoms with Gasteiger partial charge >= 0.3 is 0 Å². The number of ether oxygens (including phenoxy) is 1. The van der Waals surface area contributed by atoms with Crippen LogP contribution in [-0.2, 0) is 16.6 Å². The summed E-state index contributed by atoms with van der Waals surface area (Å²) in [4.78, 5) is 18.1. The first-order chi connectivity index (χ1) is 17.3. The van der Waals surface area contributed by atoms with Crippen LogP contribution in [0.15, 0.2) is 42.5 Å². The maximum Gasteiger partial charge on any atom is 0.229 e. The average Bonchev–Trinajstić information content (AvgIpc) is 3.63. The summed E-state index contributed by atoms with van der Waals surface area (Å²) in [6, 6.07) is 13.6. The van der Waals surface area contributed by atoms with Gasteiger partial charge in [-0.05, 0) is 75.1 Å². The number of likely N-dealkylation sites (tertiary alicyclic amines) is 1. The normalized spacial score (nSPS) is 35.0. The number of nitrogens with zero attached hydrogens (tertiary/aromatic N) is 2. The molecule has 2 saturated carbocycles. The highest BCUT2D eigenvalue weighted by atomic mass is 16.5. The number of aromatic hydroxyl groups is 1. The van der Waals surface area contributed by atoms with Crippen LogP contribution in [0.4, 0.5) is 0 Å². The number of piperidine rings is 1. The maximum absolute atomic E-state index is 13.7. The van der Waals surface area contributed by atoms with E-state index in [9.17, 15) is 15.0 Å². The Labute approximate surface area is 212 Å². The number of carbonyl (C=O) groups excluding carboxylic acids is 1. The molecule has 190 valence electrons. The van der Waals surface area contributed by atoms with E-state index in [4.69, 9.17) is 4.74 Å². The summed E-state index contributed by atoms with van der Waals surface area (Å²) in [6.07, 6.45) is 5.10. The van der Waals surface area contributed by atoms with Crippen LogP contribution < -0.4 is 4.74 Å². The lowest BCUT2D eigenvalue weighted by atomic mass is 9.48. The molecule has 1 amide bonds. The van der Waals surface area contributed by atoms with Gasteiger partial charge in [0.05, 0.1) is 23.0 Å². The van der Waals surface area contributed by atoms with Crippen molar-refractivity contribution in [3.8, 4) is 11.5 Å². The minimum absolute atomic E-state index is 0.0474. The summed E-state index contributed by atoms with van der Waals surface area (Å²) in [5.74, 6) is 1.24. The van der Waals surface area contributed by atoms with Gasteiger partial charge in [-0.25, -0.2) is 0 Å². The lowest BCUT2D eigenvalue weighted by Gasteiger charge is -2.64. The number of likely N-dealkylation sites (N-methyl/N-ethyl adjacent to an activating group) is 1. The van der Waals surface area contributed by atoms with Gasteiger partial charge in [0.15, 0.2) is 11.5 Å². The van der Waals surface area contributed by atoms with E-state index in [1.54, 1.807) is 6.07 Å². The third kappa shape index (κ3) is 2.89. The molecule has 2 unspecified atom stereocenters. The maximum atomic E-state index is 13.7. The van der Waals surface area contributed by atoms with Crippen molar-refractivity contribution in [1.82, 2.24) is 9.80 Å². The van der Waals surface area contributed by atoms with Crippen LogP contribution in [0.25, 0.3) is 0 Å². The Bertz CT molecular complexity index is 1210. The van der Waals surface area contributed by atoms with Gasteiger partial charge in [0, 0.05) is 25.2 Å². The Hall–Kier alpha value is -2.57. The Kier molecular flexibility index (Phi) is 4.85. The molecule has 0 aromatic heterocycles. The van der Waals surface area contributed by atoms with Gasteiger partial charge in [0.25, 0.3) is 0 Å². The first-order valence-electron chi connectivity index (χ1n) is 13.6. The van der Waals surface area contributed by atoms with Crippen molar-refractivity contribution >= 4 is 5.91 Å². The molecule has 3 aliphatic carbocycles. The number of carbonyl (C=O) groups is 1. The van der Waals surface area contributed by atoms with E-state index in [0.717, 1.165) is 43.0 Å². The third-order valence-corrected chi connectivity index (χ3v) is 10.2. The van der Waals surface area contributed by atoms with Crippen LogP contribution in [0, 0.1) is 5.92 Å². The summed E-state index contributed by atoms with van der Waals surface area (Å²) >= 11 is 0. The molecule has 2 bridgehead atoms. The first kappa shape index (κ1) is 22.6. The van der Waals surface area contributed by atoms with Crippen LogP contribution in [0.2, 0.25) is 0 Å². The predicted molar refractivity (Wildman–Crippen MR) is 136 cm³/mol. The molecule has 2 aromatic carbocycles. The van der Waals surface area contributed by atoms with Gasteiger partial charge in [0.1, 0.15) is 6.10 Å². The summed E-state index contributed by atoms with van der Waals surface area (Å²) < 4.78 is 6.65. The van der Waals surface area contributed by atoms with Gasteiger partial charge in [-0.3, -0.25) is 9.69 Å². The molecule has 2 heterocycles. The van der Waals surface area contributed by atoms with Crippen LogP contribution in [0.1, 0.15) is 61.6 Å². The minimum atomic E-state index is -0.928. The van der Waals surface area contributed by atoms with E-state index in [1.807, 2.05) is 55.3 Å². The molecule has 6 atom stereocenters. The van der Waals surface area contributed by atoms with Crippen molar-refractivity contribution in [2.24, 2.45) is 5.92 Å². The molecular weight excluding hydrogens is 452 g/mol. The van der Waals surface area contributed by atoms with E-state index in [2.05, 4.69) is 4.90 Å². The highest BCUT2D eigenvalue weighted by molar-refractivity contribution is 5.83. The van der Waals surface area contributed by atoms with Gasteiger partial charge in [-0.1, -0.05) is 36.4 Å². The summed E-state index contributed by atoms with van der Waals surface area (Å²) in [7, 11) is 1.89. The minimum Gasteiger partial charge on any atom is -0.504 e. The molecule has 36 heavy (non-hydrogen) atoms. The first-order valence-corrected chi connectivity index (χ1v) is 13.6. The molecule has 7 rings (SSSR count). The van der Waals surface area contributed by atoms with Crippen molar-refractivity contribution in [2.75, 3.05) is 20.1 Å². The molecule has 6 heteroatoms. The Balaban J connectivity index is 1.29. The molecule has 6 nitrogen and oxygen atoms in total. The zero-order valence-corrected chi connectivity index (χ0v) is 21.2. The van der Waals surface area contributed by atoms with Crippen molar-refractivity contribution in [3.05, 3.63) is 59.2 Å². The topological polar surface area (TPSA) is 73.2 Å². The van der Waals surface area contributed by atoms with E-state index in [-0.39, 0.29) is 35.8 Å². The number of hydrogen-bond donors (Lipinski definition) is 2. The molecule has 1 saturated heterocycles. The predicted octanol–water partition coefficient (Wildman–Crippen LogP) is 3.59. The monoisotopic (exact) mass is 488 g/mol. The van der Waals surface area contributed by atoms with Crippen molar-refractivity contribution < 1.29 is 19.7 Å². The molecular formula is C30H36N2O4. The Morgan fingerprint density at radius 1 is 1.17 bits per heavy atom. The zero-order valence-electron chi connectivity index (χ0n) is 21.2. The second kappa shape index (κ2) is 7.72. The quantitative estimate of drug-likeness (QED) is 0.673. The summed E-state index contributed by atoms with van der Waals surface area (Å²) in [6.45, 7) is 3.95. The number of hydrogen-bond acceptors (Lipinski definition) is 5. The van der Waals surface area contributed by atoms with Gasteiger partial charge in [0.2, 0.25) is 5.91 Å². The SMILES string of the molecule is C[C@H](C(=O)N(C)C1CC[C@@]2(O)[C@H]3Cc4ccc(O)c5c4[C@@]2(CCN3CC2CC2)C1O5)c1ccccc1. The highest BCUT2D eigenvalue weighted by Gasteiger charge is 2.73. The van der Waals surface area contributed by atoms with Gasteiger partial charge in [-0.2, -0.15) is 0 Å². The number of amides is 1. The van der Waals surface area contributed by atoms with E-state index in [0.29, 0.717) is 18.6 Å². The number of rotatable bonds is 5. The molecule has 2 aromatic rings. The zero-order chi connectivity index (χ0) is 24.8. The summed E-state index contributed by atoms with van der Waals surface area (Å²) in [5.41, 5.74) is 1.67. The largest absolute Gasteiger partial charge is 0.504 e. The van der Waals surface area contributed by atoms with Crippen LogP contribution >= 0.6 is 0 Å². The average molecular weight is 489 g/mol. The van der Waals surface area contributed by atoms with Crippen LogP contribution in [0.3, 0.4) is 0 Å². The van der Waals surface area contributed by atoms with E-state index >= 15 is 0 Å². The highest BCUT2D eigenvalue weighted by Crippen LogP contribution is 2.66. The lowest BCUT2D eigenvalue weighted by molar-refractivity contribution is -0.200. The lowest BCUT2D eigenvalue weighted by Crippen LogP contribution is -2.78. The van der Waals surface area contributed by atoms with Gasteiger partial charge < -0.3 is 19.8 Å². The van der Waals surface area contributed by atoms with Crippen molar-refractivity contribution in [1.29, 1.82) is 0 Å². The Morgan fingerprint density at radius 2 is 1.94 bits per heavy atom. The molecule has 1 spiro atoms. The third-order valence-electron chi connectivity index (χ3n) is 10.2. The number of phenolic OH excluding ortho intramolecular Hbond substituents is 1. The van der Waals surface area contributed by atoms with Crippen molar-refractivity contribution in [3.63, 3.8) is 0 Å². The van der Waals surface area contributed by atoms with Crippen LogP contribution in [-0.4, -0.2) is 69.8 Å². The summed E-state index contributed by atoms with van der Waals surface area (Å²) in [5, 5.41) is 23.5. The van der Waals surface area contributed by atoms with Gasteiger partial charge in [-0.15, -0.1) is 0 Å². The molecule has 2 N–H and O–H groups in total. The second-order valence-electron chi connectivity index (χ2n) is 12.0. The standard InChI is InChI=1S/C30H36N2O4/c1-18(20-6-4-3-5-7-20)28(34)31(2)22-12-13-30(35)24-16-21-10-11-23(33)26-25(21)29(30,27(22)36-26)14-15-32(24)17-19-8-9-19/h3-7,10-11,18-19,22,24,27,33,35H,8-9,12-17H2,1-2H3/t18-,22?,24+,27?,29-,30+/m0/s1. The fourth-order valence-corrected chi connectivity index (χ4v) is 8.21.